The van der Waals surface area contributed by atoms with E-state index in [1.165, 1.54) is 12.1 Å². The summed E-state index contributed by atoms with van der Waals surface area (Å²) in [6.45, 7) is 10.4. The molecule has 0 bridgehead atoms. The number of nitrogens with two attached hydrogens (primary N) is 1. The second kappa shape index (κ2) is 11.7. The van der Waals surface area contributed by atoms with Crippen LogP contribution in [0, 0.1) is 5.82 Å². The highest BCUT2D eigenvalue weighted by atomic mass is 19.1. The minimum absolute atomic E-state index is 0.118. The molecule has 1 aliphatic heterocycles. The van der Waals surface area contributed by atoms with Crippen molar-refractivity contribution in [1.82, 2.24) is 5.32 Å². The summed E-state index contributed by atoms with van der Waals surface area (Å²) in [6.07, 6.45) is 2.24. The number of halogens is 1. The largest absolute Gasteiger partial charge is 0.488 e. The smallest absolute Gasteiger partial charge is 0.250 e. The van der Waals surface area contributed by atoms with Gasteiger partial charge in [-0.15, -0.1) is 0 Å². The van der Waals surface area contributed by atoms with E-state index in [1.807, 2.05) is 26.8 Å². The number of benzene rings is 2. The van der Waals surface area contributed by atoms with E-state index in [0.29, 0.717) is 43.2 Å². The standard InChI is InChI=1S/C27H38FN3O4/c1-18(30-9-13-34-24-17-21(28)6-7-23(24)35-27(2,3)4)14-19-15-20-8-11-31(10-5-12-32)25(20)22(16-19)26(29)33/h6-7,15-18,30,32H,5,8-14H2,1-4H3,(H2,29,33)/t18-/m1/s1. The van der Waals surface area contributed by atoms with E-state index >= 15 is 0 Å². The molecule has 1 heterocycles. The Kier molecular flexibility index (Phi) is 8.97. The Morgan fingerprint density at radius 2 is 2.03 bits per heavy atom. The Balaban J connectivity index is 1.57. The number of anilines is 1. The number of nitrogens with one attached hydrogen (secondary N) is 1. The van der Waals surface area contributed by atoms with Crippen LogP contribution in [0.25, 0.3) is 0 Å². The lowest BCUT2D eigenvalue weighted by molar-refractivity contribution is 0.100. The van der Waals surface area contributed by atoms with E-state index in [4.69, 9.17) is 20.3 Å². The minimum Gasteiger partial charge on any atom is -0.488 e. The summed E-state index contributed by atoms with van der Waals surface area (Å²) in [5.41, 5.74) is 8.92. The van der Waals surface area contributed by atoms with Crippen molar-refractivity contribution in [2.24, 2.45) is 5.73 Å². The number of aliphatic hydroxyl groups excluding tert-OH is 1. The first-order valence-corrected chi connectivity index (χ1v) is 12.2. The SMILES string of the molecule is C[C@H](Cc1cc2c(c(C(N)=O)c1)N(CCCO)CC2)NCCOc1cc(F)ccc1OC(C)(C)C. The van der Waals surface area contributed by atoms with Crippen LogP contribution in [0.1, 0.15) is 55.6 Å². The fourth-order valence-corrected chi connectivity index (χ4v) is 4.38. The van der Waals surface area contributed by atoms with Gasteiger partial charge in [0.25, 0.3) is 5.91 Å². The summed E-state index contributed by atoms with van der Waals surface area (Å²) in [7, 11) is 0. The quantitative estimate of drug-likeness (QED) is 0.397. The van der Waals surface area contributed by atoms with Gasteiger partial charge in [-0.2, -0.15) is 0 Å². The van der Waals surface area contributed by atoms with Crippen LogP contribution in [0.15, 0.2) is 30.3 Å². The summed E-state index contributed by atoms with van der Waals surface area (Å²) < 4.78 is 25.4. The zero-order valence-electron chi connectivity index (χ0n) is 21.2. The molecule has 0 saturated carbocycles. The molecule has 7 nitrogen and oxygen atoms in total. The zero-order valence-corrected chi connectivity index (χ0v) is 21.2. The number of carbonyl (C=O) groups excluding carboxylic acids is 1. The van der Waals surface area contributed by atoms with Crippen LogP contribution < -0.4 is 25.4 Å². The molecule has 0 spiro atoms. The fourth-order valence-electron chi connectivity index (χ4n) is 4.38. The average Bonchev–Trinajstić information content (AvgIpc) is 3.18. The lowest BCUT2D eigenvalue weighted by Gasteiger charge is -2.23. The van der Waals surface area contributed by atoms with Gasteiger partial charge in [0.2, 0.25) is 0 Å². The van der Waals surface area contributed by atoms with Crippen molar-refractivity contribution in [1.29, 1.82) is 0 Å². The second-order valence-electron chi connectivity index (χ2n) is 10.0. The Morgan fingerprint density at radius 1 is 1.26 bits per heavy atom. The molecule has 2 aromatic rings. The van der Waals surface area contributed by atoms with Crippen molar-refractivity contribution < 1.29 is 23.8 Å². The molecule has 0 unspecified atom stereocenters. The van der Waals surface area contributed by atoms with Crippen molar-refractivity contribution in [2.75, 3.05) is 37.7 Å². The van der Waals surface area contributed by atoms with Crippen molar-refractivity contribution in [3.05, 3.63) is 52.8 Å². The summed E-state index contributed by atoms with van der Waals surface area (Å²) >= 11 is 0. The Hall–Kier alpha value is -2.84. The van der Waals surface area contributed by atoms with E-state index < -0.39 is 11.5 Å². The number of rotatable bonds is 12. The van der Waals surface area contributed by atoms with Crippen LogP contribution in [-0.2, 0) is 12.8 Å². The van der Waals surface area contributed by atoms with Crippen molar-refractivity contribution in [3.63, 3.8) is 0 Å². The van der Waals surface area contributed by atoms with Crippen LogP contribution in [0.5, 0.6) is 11.5 Å². The fraction of sp³-hybridized carbons (Fsp3) is 0.519. The third-order valence-electron chi connectivity index (χ3n) is 5.78. The normalized spacial score (nSPS) is 14.1. The number of aliphatic hydroxyl groups is 1. The van der Waals surface area contributed by atoms with Crippen LogP contribution >= 0.6 is 0 Å². The molecule has 35 heavy (non-hydrogen) atoms. The maximum Gasteiger partial charge on any atom is 0.250 e. The molecule has 1 amide bonds. The third-order valence-corrected chi connectivity index (χ3v) is 5.78. The molecule has 192 valence electrons. The lowest BCUT2D eigenvalue weighted by Crippen LogP contribution is -2.32. The summed E-state index contributed by atoms with van der Waals surface area (Å²) in [6, 6.07) is 8.44. The highest BCUT2D eigenvalue weighted by Gasteiger charge is 2.25. The van der Waals surface area contributed by atoms with Gasteiger partial charge in [0, 0.05) is 38.3 Å². The van der Waals surface area contributed by atoms with Gasteiger partial charge < -0.3 is 30.5 Å². The molecule has 0 aromatic heterocycles. The number of nitrogens with zero attached hydrogens (tertiary/aromatic N) is 1. The first kappa shape index (κ1) is 26.8. The topological polar surface area (TPSA) is 97.1 Å². The van der Waals surface area contributed by atoms with Crippen molar-refractivity contribution in [3.8, 4) is 11.5 Å². The Bertz CT molecular complexity index is 1020. The molecule has 1 aliphatic rings. The van der Waals surface area contributed by atoms with E-state index in [2.05, 4.69) is 23.2 Å². The average molecular weight is 488 g/mol. The highest BCUT2D eigenvalue weighted by Crippen LogP contribution is 2.34. The number of hydrogen-bond donors (Lipinski definition) is 3. The second-order valence-corrected chi connectivity index (χ2v) is 10.0. The molecular weight excluding hydrogens is 449 g/mol. The van der Waals surface area contributed by atoms with Crippen molar-refractivity contribution >= 4 is 11.6 Å². The van der Waals surface area contributed by atoms with Gasteiger partial charge in [0.05, 0.1) is 11.3 Å². The maximum atomic E-state index is 13.7. The molecule has 1 atom stereocenters. The molecule has 0 radical (unpaired) electrons. The van der Waals surface area contributed by atoms with Gasteiger partial charge in [0.15, 0.2) is 11.5 Å². The molecule has 4 N–H and O–H groups in total. The van der Waals surface area contributed by atoms with Crippen LogP contribution in [0.3, 0.4) is 0 Å². The molecule has 0 aliphatic carbocycles. The van der Waals surface area contributed by atoms with E-state index in [0.717, 1.165) is 36.2 Å². The predicted octanol–water partition coefficient (Wildman–Crippen LogP) is 3.45. The monoisotopic (exact) mass is 487 g/mol. The number of carbonyl (C=O) groups is 1. The van der Waals surface area contributed by atoms with Crippen molar-refractivity contribution in [2.45, 2.75) is 58.6 Å². The minimum atomic E-state index is -0.434. The number of primary amides is 1. The first-order valence-electron chi connectivity index (χ1n) is 12.2. The maximum absolute atomic E-state index is 13.7. The summed E-state index contributed by atoms with van der Waals surface area (Å²) in [5.74, 6) is 0.0812. The van der Waals surface area contributed by atoms with Gasteiger partial charge in [-0.3, -0.25) is 4.79 Å². The summed E-state index contributed by atoms with van der Waals surface area (Å²) in [5, 5.41) is 12.6. The zero-order chi connectivity index (χ0) is 25.6. The Labute approximate surface area is 207 Å². The van der Waals surface area contributed by atoms with Crippen LogP contribution in [-0.4, -0.2) is 55.5 Å². The van der Waals surface area contributed by atoms with Gasteiger partial charge >= 0.3 is 0 Å². The molecule has 2 aromatic carbocycles. The molecule has 0 fully saturated rings. The predicted molar refractivity (Wildman–Crippen MR) is 136 cm³/mol. The van der Waals surface area contributed by atoms with E-state index in [1.54, 1.807) is 6.07 Å². The van der Waals surface area contributed by atoms with Crippen LogP contribution in [0.2, 0.25) is 0 Å². The molecule has 3 rings (SSSR count). The highest BCUT2D eigenvalue weighted by molar-refractivity contribution is 6.00. The Morgan fingerprint density at radius 3 is 2.71 bits per heavy atom. The number of ether oxygens (including phenoxy) is 2. The van der Waals surface area contributed by atoms with Gasteiger partial charge in [-0.05, 0) is 76.3 Å². The molecular formula is C27H38FN3O4. The molecule has 0 saturated heterocycles. The van der Waals surface area contributed by atoms with Crippen LogP contribution in [0.4, 0.5) is 10.1 Å². The summed E-state index contributed by atoms with van der Waals surface area (Å²) in [4.78, 5) is 14.3. The van der Waals surface area contributed by atoms with E-state index in [9.17, 15) is 9.18 Å². The van der Waals surface area contributed by atoms with Gasteiger partial charge in [0.1, 0.15) is 18.0 Å². The third kappa shape index (κ3) is 7.57. The van der Waals surface area contributed by atoms with Gasteiger partial charge in [-0.25, -0.2) is 4.39 Å². The lowest BCUT2D eigenvalue weighted by atomic mass is 9.98. The number of hydrogen-bond acceptors (Lipinski definition) is 6. The van der Waals surface area contributed by atoms with Gasteiger partial charge in [-0.1, -0.05) is 6.07 Å². The number of fused-ring (bicyclic) bond motifs is 1. The van der Waals surface area contributed by atoms with E-state index in [-0.39, 0.29) is 18.5 Å². The first-order chi connectivity index (χ1) is 16.6. The molecule has 8 heteroatoms. The number of amides is 1.